The van der Waals surface area contributed by atoms with E-state index in [4.69, 9.17) is 15.2 Å². The number of anilines is 1. The fraction of sp³-hybridized carbons (Fsp3) is 0.333. The predicted octanol–water partition coefficient (Wildman–Crippen LogP) is 2.12. The number of carbonyl (C=O) groups excluding carboxylic acids is 2. The van der Waals surface area contributed by atoms with E-state index in [9.17, 15) is 9.59 Å². The molecule has 3 heterocycles. The van der Waals surface area contributed by atoms with Crippen molar-refractivity contribution in [3.8, 4) is 22.3 Å². The van der Waals surface area contributed by atoms with Gasteiger partial charge < -0.3 is 25.0 Å². The van der Waals surface area contributed by atoms with Crippen molar-refractivity contribution in [1.29, 1.82) is 0 Å². The Hall–Kier alpha value is -3.82. The van der Waals surface area contributed by atoms with Gasteiger partial charge in [0.15, 0.2) is 0 Å². The van der Waals surface area contributed by atoms with Crippen molar-refractivity contribution >= 4 is 17.8 Å². The highest BCUT2D eigenvalue weighted by atomic mass is 16.5. The van der Waals surface area contributed by atoms with Gasteiger partial charge in [-0.2, -0.15) is 0 Å². The fourth-order valence-electron chi connectivity index (χ4n) is 5.16. The van der Waals surface area contributed by atoms with Crippen molar-refractivity contribution in [1.82, 2.24) is 14.9 Å². The van der Waals surface area contributed by atoms with E-state index in [0.29, 0.717) is 63.0 Å². The Morgan fingerprint density at radius 2 is 1.53 bits per heavy atom. The molecule has 0 saturated carbocycles. The van der Waals surface area contributed by atoms with Gasteiger partial charge in [-0.25, -0.2) is 9.97 Å². The van der Waals surface area contributed by atoms with Crippen molar-refractivity contribution in [3.05, 3.63) is 65.0 Å². The maximum atomic E-state index is 13.0. The van der Waals surface area contributed by atoms with Crippen molar-refractivity contribution < 1.29 is 19.1 Å². The van der Waals surface area contributed by atoms with E-state index in [1.54, 1.807) is 12.4 Å². The minimum absolute atomic E-state index is 0.00498. The van der Waals surface area contributed by atoms with E-state index in [1.807, 2.05) is 29.2 Å². The van der Waals surface area contributed by atoms with Crippen LogP contribution in [0.3, 0.4) is 0 Å². The number of rotatable bonds is 4. The number of morpholine rings is 2. The average Bonchev–Trinajstić information content (AvgIpc) is 3.31. The Morgan fingerprint density at radius 3 is 2.22 bits per heavy atom. The number of primary amides is 1. The van der Waals surface area contributed by atoms with E-state index < -0.39 is 5.91 Å². The third kappa shape index (κ3) is 4.10. The van der Waals surface area contributed by atoms with E-state index in [-0.39, 0.29) is 5.91 Å². The smallest absolute Gasteiger partial charge is 0.254 e. The normalized spacial score (nSPS) is 17.0. The number of hydrogen-bond donors (Lipinski definition) is 1. The van der Waals surface area contributed by atoms with Crippen LogP contribution < -0.4 is 10.6 Å². The van der Waals surface area contributed by atoms with Crippen LogP contribution >= 0.6 is 0 Å². The molecular formula is C27H27N5O4. The Labute approximate surface area is 208 Å². The number of benzene rings is 2. The Balaban J connectivity index is 1.33. The van der Waals surface area contributed by atoms with Crippen LogP contribution in [-0.4, -0.2) is 79.3 Å². The molecule has 36 heavy (non-hydrogen) atoms. The lowest BCUT2D eigenvalue weighted by Gasteiger charge is -2.27. The third-order valence-corrected chi connectivity index (χ3v) is 7.09. The molecule has 3 aromatic rings. The lowest BCUT2D eigenvalue weighted by atomic mass is 9.95. The lowest BCUT2D eigenvalue weighted by Crippen LogP contribution is -2.40. The zero-order valence-corrected chi connectivity index (χ0v) is 19.9. The summed E-state index contributed by atoms with van der Waals surface area (Å²) >= 11 is 0. The maximum absolute atomic E-state index is 13.0. The highest BCUT2D eigenvalue weighted by Crippen LogP contribution is 2.41. The Kier molecular flexibility index (Phi) is 5.86. The summed E-state index contributed by atoms with van der Waals surface area (Å²) in [6.45, 7) is 5.16. The molecule has 2 saturated heterocycles. The molecule has 2 N–H and O–H groups in total. The molecule has 1 aliphatic carbocycles. The van der Waals surface area contributed by atoms with Gasteiger partial charge in [-0.05, 0) is 58.5 Å². The first kappa shape index (κ1) is 22.6. The summed E-state index contributed by atoms with van der Waals surface area (Å²) in [5.74, 6) is 0.197. The molecule has 6 rings (SSSR count). The van der Waals surface area contributed by atoms with Gasteiger partial charge in [-0.3, -0.25) is 9.59 Å². The predicted molar refractivity (Wildman–Crippen MR) is 134 cm³/mol. The number of nitrogens with zero attached hydrogens (tertiary/aromatic N) is 4. The summed E-state index contributed by atoms with van der Waals surface area (Å²) < 4.78 is 10.8. The largest absolute Gasteiger partial charge is 0.378 e. The number of amides is 2. The highest BCUT2D eigenvalue weighted by molar-refractivity contribution is 6.01. The Bertz CT molecular complexity index is 1330. The van der Waals surface area contributed by atoms with E-state index >= 15 is 0 Å². The second-order valence-electron chi connectivity index (χ2n) is 9.24. The zero-order chi connectivity index (χ0) is 24.6. The molecule has 1 aromatic heterocycles. The van der Waals surface area contributed by atoms with E-state index in [1.165, 1.54) is 0 Å². The second kappa shape index (κ2) is 9.33. The SMILES string of the molecule is NC(=O)c1cc(-c2cnc(N3CCOCC3)nc2)cc2c1Cc1cc(C(=O)N3CCOCC3)ccc1-2. The van der Waals surface area contributed by atoms with Crippen molar-refractivity contribution in [2.75, 3.05) is 57.5 Å². The van der Waals surface area contributed by atoms with Gasteiger partial charge in [-0.1, -0.05) is 6.07 Å². The van der Waals surface area contributed by atoms with Gasteiger partial charge in [0.05, 0.1) is 26.4 Å². The van der Waals surface area contributed by atoms with Gasteiger partial charge in [0.25, 0.3) is 5.91 Å². The van der Waals surface area contributed by atoms with Gasteiger partial charge in [0.2, 0.25) is 11.9 Å². The van der Waals surface area contributed by atoms with E-state index in [0.717, 1.165) is 46.5 Å². The molecule has 0 spiro atoms. The lowest BCUT2D eigenvalue weighted by molar-refractivity contribution is 0.0303. The standard InChI is InChI=1S/C27H27N5O4/c28-25(33)24-13-18(20-15-29-27(30-16-20)32-5-9-36-10-6-32)12-22-21-2-1-17(11-19(21)14-23(22)24)26(34)31-3-7-35-8-4-31/h1-2,11-13,15-16H,3-10,14H2,(H2,28,33). The second-order valence-corrected chi connectivity index (χ2v) is 9.24. The van der Waals surface area contributed by atoms with Crippen LogP contribution in [0.1, 0.15) is 31.8 Å². The number of aromatic nitrogens is 2. The molecule has 184 valence electrons. The van der Waals surface area contributed by atoms with Crippen LogP contribution in [0.5, 0.6) is 0 Å². The van der Waals surface area contributed by atoms with Crippen molar-refractivity contribution in [2.24, 2.45) is 5.73 Å². The topological polar surface area (TPSA) is 111 Å². The number of carbonyl (C=O) groups is 2. The van der Waals surface area contributed by atoms with Crippen molar-refractivity contribution in [3.63, 3.8) is 0 Å². The summed E-state index contributed by atoms with van der Waals surface area (Å²) in [7, 11) is 0. The molecule has 0 atom stereocenters. The first-order valence-corrected chi connectivity index (χ1v) is 12.2. The third-order valence-electron chi connectivity index (χ3n) is 7.09. The molecule has 9 nitrogen and oxygen atoms in total. The van der Waals surface area contributed by atoms with Crippen molar-refractivity contribution in [2.45, 2.75) is 6.42 Å². The number of fused-ring (bicyclic) bond motifs is 3. The van der Waals surface area contributed by atoms with Gasteiger partial charge in [0, 0.05) is 55.3 Å². The summed E-state index contributed by atoms with van der Waals surface area (Å²) in [5, 5.41) is 0. The molecule has 0 radical (unpaired) electrons. The average molecular weight is 486 g/mol. The number of nitrogens with two attached hydrogens (primary N) is 1. The molecule has 0 unspecified atom stereocenters. The molecule has 2 aromatic carbocycles. The van der Waals surface area contributed by atoms with Gasteiger partial charge in [-0.15, -0.1) is 0 Å². The molecule has 0 bridgehead atoms. The van der Waals surface area contributed by atoms with Crippen LogP contribution in [0.15, 0.2) is 42.7 Å². The number of ether oxygens (including phenoxy) is 2. The minimum atomic E-state index is -0.476. The molecule has 2 aliphatic heterocycles. The number of hydrogen-bond acceptors (Lipinski definition) is 7. The highest BCUT2D eigenvalue weighted by Gasteiger charge is 2.27. The quantitative estimate of drug-likeness (QED) is 0.471. The molecular weight excluding hydrogens is 458 g/mol. The van der Waals surface area contributed by atoms with E-state index in [2.05, 4.69) is 20.9 Å². The first-order chi connectivity index (χ1) is 17.6. The van der Waals surface area contributed by atoms with Crippen LogP contribution in [0.4, 0.5) is 5.95 Å². The molecule has 9 heteroatoms. The van der Waals surface area contributed by atoms with Crippen LogP contribution in [0, 0.1) is 0 Å². The summed E-state index contributed by atoms with van der Waals surface area (Å²) in [6, 6.07) is 9.66. The van der Waals surface area contributed by atoms with Crippen LogP contribution in [-0.2, 0) is 15.9 Å². The molecule has 3 aliphatic rings. The van der Waals surface area contributed by atoms with Gasteiger partial charge in [0.1, 0.15) is 0 Å². The van der Waals surface area contributed by atoms with Gasteiger partial charge >= 0.3 is 0 Å². The summed E-state index contributed by atoms with van der Waals surface area (Å²) in [6.07, 6.45) is 4.12. The monoisotopic (exact) mass is 485 g/mol. The maximum Gasteiger partial charge on any atom is 0.254 e. The summed E-state index contributed by atoms with van der Waals surface area (Å²) in [4.78, 5) is 38.5. The molecule has 2 fully saturated rings. The Morgan fingerprint density at radius 1 is 0.833 bits per heavy atom. The zero-order valence-electron chi connectivity index (χ0n) is 19.9. The van der Waals surface area contributed by atoms with Crippen LogP contribution in [0.2, 0.25) is 0 Å². The minimum Gasteiger partial charge on any atom is -0.378 e. The first-order valence-electron chi connectivity index (χ1n) is 12.2. The fourth-order valence-corrected chi connectivity index (χ4v) is 5.16. The molecule has 2 amide bonds. The summed E-state index contributed by atoms with van der Waals surface area (Å²) in [5.41, 5.74) is 12.5. The van der Waals surface area contributed by atoms with Crippen LogP contribution in [0.25, 0.3) is 22.3 Å².